The number of aliphatic imine (C=N–C) groups is 1. The molecular formula is C17H31N7O6S. The zero-order chi connectivity index (χ0) is 23.6. The third kappa shape index (κ3) is 8.22. The minimum atomic E-state index is -1.47. The number of nitrogens with one attached hydrogen (secondary N) is 2. The number of guanidine groups is 1. The number of carbonyl (C=O) groups is 4. The zero-order valence-corrected chi connectivity index (χ0v) is 18.0. The molecule has 0 aromatic heterocycles. The van der Waals surface area contributed by atoms with Crippen LogP contribution >= 0.6 is 12.6 Å². The number of aliphatic carboxylic acids is 1. The second-order valence-corrected chi connectivity index (χ2v) is 7.44. The molecular weight excluding hydrogens is 430 g/mol. The molecule has 1 aliphatic rings. The van der Waals surface area contributed by atoms with Crippen LogP contribution < -0.4 is 27.8 Å². The standard InChI is InChI=1S/C17H31N7O6S/c18-9(3-1-5-21-17(19)20)13(26)23-11(8-31)15(28)24-6-2-4-12(24)14(27)22-10(7-25)16(29)30/h9-12,25,31H,1-8,18H2,(H,22,27)(H,23,26)(H,29,30)(H4,19,20,21). The van der Waals surface area contributed by atoms with E-state index in [4.69, 9.17) is 27.4 Å². The number of carboxylic acids is 1. The van der Waals surface area contributed by atoms with Crippen molar-refractivity contribution in [2.75, 3.05) is 25.4 Å². The van der Waals surface area contributed by atoms with Gasteiger partial charge in [0.25, 0.3) is 0 Å². The lowest BCUT2D eigenvalue weighted by Crippen LogP contribution is -2.57. The van der Waals surface area contributed by atoms with E-state index >= 15 is 0 Å². The van der Waals surface area contributed by atoms with E-state index < -0.39 is 54.5 Å². The van der Waals surface area contributed by atoms with Crippen molar-refractivity contribution in [1.82, 2.24) is 15.5 Å². The molecule has 0 radical (unpaired) electrons. The number of rotatable bonds is 12. The molecule has 1 fully saturated rings. The third-order valence-electron chi connectivity index (χ3n) is 4.74. The molecule has 31 heavy (non-hydrogen) atoms. The molecule has 14 heteroatoms. The summed E-state index contributed by atoms with van der Waals surface area (Å²) < 4.78 is 0. The van der Waals surface area contributed by atoms with Gasteiger partial charge in [-0.25, -0.2) is 4.79 Å². The zero-order valence-electron chi connectivity index (χ0n) is 17.1. The van der Waals surface area contributed by atoms with Crippen molar-refractivity contribution < 1.29 is 29.4 Å². The van der Waals surface area contributed by atoms with Crippen LogP contribution in [0.2, 0.25) is 0 Å². The van der Waals surface area contributed by atoms with Crippen LogP contribution in [0.25, 0.3) is 0 Å². The number of nitrogens with zero attached hydrogens (tertiary/aromatic N) is 2. The van der Waals surface area contributed by atoms with Crippen molar-refractivity contribution in [2.24, 2.45) is 22.2 Å². The number of thiol groups is 1. The van der Waals surface area contributed by atoms with Gasteiger partial charge in [0, 0.05) is 18.8 Å². The van der Waals surface area contributed by atoms with Gasteiger partial charge in [-0.15, -0.1) is 0 Å². The van der Waals surface area contributed by atoms with Gasteiger partial charge in [0.2, 0.25) is 17.7 Å². The Labute approximate surface area is 185 Å². The van der Waals surface area contributed by atoms with Gasteiger partial charge in [0.15, 0.2) is 5.96 Å². The summed E-state index contributed by atoms with van der Waals surface area (Å²) in [6.45, 7) is -0.204. The molecule has 4 unspecified atom stereocenters. The second-order valence-electron chi connectivity index (χ2n) is 7.07. The highest BCUT2D eigenvalue weighted by atomic mass is 32.1. The van der Waals surface area contributed by atoms with Crippen molar-refractivity contribution in [2.45, 2.75) is 49.9 Å². The van der Waals surface area contributed by atoms with E-state index in [1.54, 1.807) is 0 Å². The van der Waals surface area contributed by atoms with Crippen molar-refractivity contribution in [3.05, 3.63) is 0 Å². The first-order valence-electron chi connectivity index (χ1n) is 9.79. The van der Waals surface area contributed by atoms with E-state index in [1.165, 1.54) is 4.90 Å². The largest absolute Gasteiger partial charge is 0.480 e. The number of nitrogens with two attached hydrogens (primary N) is 3. The summed E-state index contributed by atoms with van der Waals surface area (Å²) in [5, 5.41) is 22.8. The molecule has 176 valence electrons. The van der Waals surface area contributed by atoms with E-state index in [0.717, 1.165) is 0 Å². The molecule has 1 aliphatic heterocycles. The Morgan fingerprint density at radius 1 is 1.19 bits per heavy atom. The Bertz CT molecular complexity index is 688. The number of carboxylic acid groups (broad SMARTS) is 1. The molecule has 0 aliphatic carbocycles. The van der Waals surface area contributed by atoms with Gasteiger partial charge in [-0.1, -0.05) is 0 Å². The lowest BCUT2D eigenvalue weighted by atomic mass is 10.1. The minimum Gasteiger partial charge on any atom is -0.480 e. The van der Waals surface area contributed by atoms with Gasteiger partial charge in [0.1, 0.15) is 18.1 Å². The monoisotopic (exact) mass is 461 g/mol. The van der Waals surface area contributed by atoms with Crippen LogP contribution in [0.4, 0.5) is 0 Å². The lowest BCUT2D eigenvalue weighted by molar-refractivity contribution is -0.145. The van der Waals surface area contributed by atoms with E-state index in [1.807, 2.05) is 0 Å². The smallest absolute Gasteiger partial charge is 0.328 e. The Morgan fingerprint density at radius 3 is 2.42 bits per heavy atom. The van der Waals surface area contributed by atoms with Gasteiger partial charge < -0.3 is 42.9 Å². The highest BCUT2D eigenvalue weighted by molar-refractivity contribution is 7.80. The van der Waals surface area contributed by atoms with Crippen LogP contribution in [0.3, 0.4) is 0 Å². The van der Waals surface area contributed by atoms with Crippen LogP contribution in [-0.2, 0) is 19.2 Å². The van der Waals surface area contributed by atoms with E-state index in [0.29, 0.717) is 32.2 Å². The van der Waals surface area contributed by atoms with Crippen molar-refractivity contribution >= 4 is 42.3 Å². The summed E-state index contributed by atoms with van der Waals surface area (Å²) in [5.41, 5.74) is 16.3. The van der Waals surface area contributed by atoms with Gasteiger partial charge >= 0.3 is 5.97 Å². The van der Waals surface area contributed by atoms with Gasteiger partial charge in [-0.3, -0.25) is 19.4 Å². The normalized spacial score (nSPS) is 18.5. The van der Waals surface area contributed by atoms with Crippen molar-refractivity contribution in [3.63, 3.8) is 0 Å². The summed E-state index contributed by atoms with van der Waals surface area (Å²) in [6, 6.07) is -4.28. The summed E-state index contributed by atoms with van der Waals surface area (Å²) in [6.07, 6.45) is 1.61. The van der Waals surface area contributed by atoms with Gasteiger partial charge in [-0.2, -0.15) is 12.6 Å². The molecule has 0 spiro atoms. The number of hydrogen-bond acceptors (Lipinski definition) is 8. The van der Waals surface area contributed by atoms with Crippen molar-refractivity contribution in [3.8, 4) is 0 Å². The number of aliphatic hydroxyl groups is 1. The lowest BCUT2D eigenvalue weighted by Gasteiger charge is -2.29. The number of aliphatic hydroxyl groups excluding tert-OH is 1. The Kier molecular flexibility index (Phi) is 11.1. The number of carbonyl (C=O) groups excluding carboxylic acids is 3. The first kappa shape index (κ1) is 26.5. The molecule has 1 saturated heterocycles. The summed E-state index contributed by atoms with van der Waals surface area (Å²) >= 11 is 4.12. The topological polar surface area (TPSA) is 226 Å². The van der Waals surface area contributed by atoms with Crippen LogP contribution in [-0.4, -0.2) is 94.4 Å². The maximum atomic E-state index is 12.9. The quantitative estimate of drug-likeness (QED) is 0.0619. The fourth-order valence-electron chi connectivity index (χ4n) is 3.07. The summed E-state index contributed by atoms with van der Waals surface area (Å²) in [7, 11) is 0. The Morgan fingerprint density at radius 2 is 1.87 bits per heavy atom. The number of likely N-dealkylation sites (tertiary alicyclic amines) is 1. The minimum absolute atomic E-state index is 0.0233. The molecule has 10 N–H and O–H groups in total. The number of hydrogen-bond donors (Lipinski definition) is 8. The van der Waals surface area contributed by atoms with Crippen LogP contribution in [0.15, 0.2) is 4.99 Å². The highest BCUT2D eigenvalue weighted by Crippen LogP contribution is 2.19. The predicted octanol–water partition coefficient (Wildman–Crippen LogP) is -3.67. The third-order valence-corrected chi connectivity index (χ3v) is 5.10. The molecule has 0 bridgehead atoms. The van der Waals surface area contributed by atoms with E-state index in [2.05, 4.69) is 28.3 Å². The van der Waals surface area contributed by atoms with Gasteiger partial charge in [-0.05, 0) is 25.7 Å². The Balaban J connectivity index is 2.70. The van der Waals surface area contributed by atoms with Gasteiger partial charge in [0.05, 0.1) is 12.6 Å². The summed E-state index contributed by atoms with van der Waals surface area (Å²) in [5.74, 6) is -3.23. The molecule has 13 nitrogen and oxygen atoms in total. The van der Waals surface area contributed by atoms with Crippen LogP contribution in [0, 0.1) is 0 Å². The van der Waals surface area contributed by atoms with Crippen LogP contribution in [0.1, 0.15) is 25.7 Å². The highest BCUT2D eigenvalue weighted by Gasteiger charge is 2.38. The molecule has 1 heterocycles. The van der Waals surface area contributed by atoms with Crippen LogP contribution in [0.5, 0.6) is 0 Å². The molecule has 0 aromatic rings. The predicted molar refractivity (Wildman–Crippen MR) is 115 cm³/mol. The summed E-state index contributed by atoms with van der Waals surface area (Å²) in [4.78, 5) is 53.8. The van der Waals surface area contributed by atoms with E-state index in [9.17, 15) is 19.2 Å². The molecule has 3 amide bonds. The second kappa shape index (κ2) is 13.0. The maximum Gasteiger partial charge on any atom is 0.328 e. The molecule has 0 aromatic carbocycles. The molecule has 0 saturated carbocycles. The maximum absolute atomic E-state index is 12.9. The fourth-order valence-corrected chi connectivity index (χ4v) is 3.32. The number of amides is 3. The van der Waals surface area contributed by atoms with E-state index in [-0.39, 0.29) is 18.3 Å². The average molecular weight is 462 g/mol. The Hall–Kier alpha value is -2.58. The first-order chi connectivity index (χ1) is 14.6. The SMILES string of the molecule is NC(N)=NCCCC(N)C(=O)NC(CS)C(=O)N1CCCC1C(=O)NC(CO)C(=O)O. The molecule has 1 rings (SSSR count). The average Bonchev–Trinajstić information content (AvgIpc) is 3.21. The first-order valence-corrected chi connectivity index (χ1v) is 10.4. The van der Waals surface area contributed by atoms with Crippen molar-refractivity contribution in [1.29, 1.82) is 0 Å². The fraction of sp³-hybridized carbons (Fsp3) is 0.706. The molecule has 4 atom stereocenters.